The molecule has 2 aromatic carbocycles. The highest BCUT2D eigenvalue weighted by Gasteiger charge is 2.30. The fourth-order valence-electron chi connectivity index (χ4n) is 3.22. The molecule has 2 unspecified atom stereocenters. The average Bonchev–Trinajstić information content (AvgIpc) is 3.30. The molecule has 8 heteroatoms. The molecule has 7 nitrogen and oxygen atoms in total. The van der Waals surface area contributed by atoms with Gasteiger partial charge in [-0.15, -0.1) is 0 Å². The van der Waals surface area contributed by atoms with Crippen molar-refractivity contribution in [3.05, 3.63) is 94.8 Å². The van der Waals surface area contributed by atoms with Crippen LogP contribution >= 0.6 is 11.6 Å². The van der Waals surface area contributed by atoms with Gasteiger partial charge >= 0.3 is 0 Å². The number of carbonyl (C=O) groups excluding carboxylic acids is 1. The van der Waals surface area contributed by atoms with Crippen molar-refractivity contribution in [2.75, 3.05) is 0 Å². The Labute approximate surface area is 185 Å². The van der Waals surface area contributed by atoms with Gasteiger partial charge in [0.05, 0.1) is 6.21 Å². The summed E-state index contributed by atoms with van der Waals surface area (Å²) in [7, 11) is 0. The monoisotopic (exact) mass is 435 g/mol. The van der Waals surface area contributed by atoms with E-state index < -0.39 is 0 Å². The number of nitrogens with zero attached hydrogens (tertiary/aromatic N) is 2. The van der Waals surface area contributed by atoms with Gasteiger partial charge in [-0.1, -0.05) is 41.9 Å². The molecule has 1 aliphatic rings. The van der Waals surface area contributed by atoms with Crippen molar-refractivity contribution >= 4 is 23.7 Å². The van der Waals surface area contributed by atoms with Crippen LogP contribution in [0.15, 0.2) is 78.2 Å². The minimum Gasteiger partial charge on any atom is -0.489 e. The number of nitrogens with one attached hydrogen (secondary N) is 3. The minimum absolute atomic E-state index is 0.0116. The summed E-state index contributed by atoms with van der Waals surface area (Å²) in [6.45, 7) is 0.407. The number of hydrazone groups is 1. The van der Waals surface area contributed by atoms with Crippen molar-refractivity contribution in [1.82, 2.24) is 21.3 Å². The first kappa shape index (κ1) is 21.0. The second kappa shape index (κ2) is 10.2. The topological polar surface area (TPSA) is 87.6 Å². The molecule has 158 valence electrons. The Balaban J connectivity index is 1.27. The van der Waals surface area contributed by atoms with E-state index in [1.165, 1.54) is 0 Å². The summed E-state index contributed by atoms with van der Waals surface area (Å²) in [6.07, 6.45) is 5.53. The van der Waals surface area contributed by atoms with E-state index in [0.717, 1.165) is 22.4 Å². The van der Waals surface area contributed by atoms with E-state index in [9.17, 15) is 4.79 Å². The highest BCUT2D eigenvalue weighted by Crippen LogP contribution is 2.25. The van der Waals surface area contributed by atoms with E-state index in [1.54, 1.807) is 18.6 Å². The van der Waals surface area contributed by atoms with Gasteiger partial charge in [-0.3, -0.25) is 9.78 Å². The number of amides is 1. The van der Waals surface area contributed by atoms with E-state index in [2.05, 4.69) is 26.4 Å². The Morgan fingerprint density at radius 2 is 1.90 bits per heavy atom. The Morgan fingerprint density at radius 1 is 1.13 bits per heavy atom. The number of hydrazine groups is 1. The van der Waals surface area contributed by atoms with E-state index >= 15 is 0 Å². The van der Waals surface area contributed by atoms with Gasteiger partial charge in [0.15, 0.2) is 0 Å². The summed E-state index contributed by atoms with van der Waals surface area (Å²) < 4.78 is 5.83. The molecule has 1 fully saturated rings. The molecule has 0 aliphatic carbocycles. The van der Waals surface area contributed by atoms with Crippen molar-refractivity contribution in [1.29, 1.82) is 0 Å². The smallest absolute Gasteiger partial charge is 0.258 e. The zero-order valence-corrected chi connectivity index (χ0v) is 17.4. The summed E-state index contributed by atoms with van der Waals surface area (Å²) in [5, 5.41) is 4.69. The van der Waals surface area contributed by atoms with Crippen LogP contribution in [0.1, 0.15) is 29.2 Å². The number of benzene rings is 2. The number of carbonyl (C=O) groups is 1. The fraction of sp³-hybridized carbons (Fsp3) is 0.174. The Bertz CT molecular complexity index is 1040. The Kier molecular flexibility index (Phi) is 6.89. The number of ether oxygens (including phenoxy) is 1. The summed E-state index contributed by atoms with van der Waals surface area (Å²) in [4.78, 5) is 16.3. The molecule has 1 saturated heterocycles. The summed E-state index contributed by atoms with van der Waals surface area (Å²) in [6, 6.07) is 18.7. The SMILES string of the molecule is O=C(N/N=C/c1ccncc1)C1CC(c2ccc(OCc3ccccc3Cl)cc2)NN1. The average molecular weight is 436 g/mol. The zero-order valence-electron chi connectivity index (χ0n) is 16.7. The second-order valence-corrected chi connectivity index (χ2v) is 7.50. The van der Waals surface area contributed by atoms with Crippen LogP contribution in [0.3, 0.4) is 0 Å². The van der Waals surface area contributed by atoms with Gasteiger partial charge in [0, 0.05) is 29.0 Å². The number of pyridine rings is 1. The third-order valence-corrected chi connectivity index (χ3v) is 5.32. The molecule has 0 saturated carbocycles. The molecule has 3 aromatic rings. The number of halogens is 1. The fourth-order valence-corrected chi connectivity index (χ4v) is 3.41. The van der Waals surface area contributed by atoms with Gasteiger partial charge in [0.2, 0.25) is 0 Å². The Morgan fingerprint density at radius 3 is 2.68 bits per heavy atom. The third-order valence-electron chi connectivity index (χ3n) is 4.95. The molecule has 1 amide bonds. The number of hydrogen-bond acceptors (Lipinski definition) is 6. The zero-order chi connectivity index (χ0) is 21.5. The largest absolute Gasteiger partial charge is 0.489 e. The third kappa shape index (κ3) is 5.67. The van der Waals surface area contributed by atoms with Gasteiger partial charge in [0.1, 0.15) is 18.4 Å². The van der Waals surface area contributed by atoms with Crippen molar-refractivity contribution in [2.45, 2.75) is 25.1 Å². The first-order valence-electron chi connectivity index (χ1n) is 9.89. The van der Waals surface area contributed by atoms with Gasteiger partial charge < -0.3 is 4.74 Å². The van der Waals surface area contributed by atoms with Crippen LogP contribution in [0, 0.1) is 0 Å². The maximum absolute atomic E-state index is 12.3. The molecule has 0 bridgehead atoms. The maximum atomic E-state index is 12.3. The first-order chi connectivity index (χ1) is 15.2. The summed E-state index contributed by atoms with van der Waals surface area (Å²) >= 11 is 6.16. The van der Waals surface area contributed by atoms with Crippen molar-refractivity contribution in [2.24, 2.45) is 5.10 Å². The molecule has 31 heavy (non-hydrogen) atoms. The van der Waals surface area contributed by atoms with Crippen LogP contribution in [0.5, 0.6) is 5.75 Å². The van der Waals surface area contributed by atoms with Crippen LogP contribution in [-0.2, 0) is 11.4 Å². The predicted molar refractivity (Wildman–Crippen MR) is 120 cm³/mol. The normalized spacial score (nSPS) is 18.2. The van der Waals surface area contributed by atoms with Gasteiger partial charge in [-0.25, -0.2) is 16.3 Å². The van der Waals surface area contributed by atoms with Gasteiger partial charge in [-0.05, 0) is 47.9 Å². The lowest BCUT2D eigenvalue weighted by Gasteiger charge is -2.12. The Hall–Kier alpha value is -3.26. The van der Waals surface area contributed by atoms with Gasteiger partial charge in [-0.2, -0.15) is 5.10 Å². The van der Waals surface area contributed by atoms with Crippen molar-refractivity contribution < 1.29 is 9.53 Å². The minimum atomic E-state index is -0.379. The molecular weight excluding hydrogens is 414 g/mol. The van der Waals surface area contributed by atoms with E-state index in [4.69, 9.17) is 16.3 Å². The van der Waals surface area contributed by atoms with E-state index in [1.807, 2.05) is 60.7 Å². The molecule has 4 rings (SSSR count). The van der Waals surface area contributed by atoms with E-state index in [-0.39, 0.29) is 18.0 Å². The van der Waals surface area contributed by atoms with Crippen molar-refractivity contribution in [3.8, 4) is 5.75 Å². The molecule has 0 radical (unpaired) electrons. The van der Waals surface area contributed by atoms with E-state index in [0.29, 0.717) is 18.1 Å². The predicted octanol–water partition coefficient (Wildman–Crippen LogP) is 3.37. The van der Waals surface area contributed by atoms with Crippen LogP contribution in [-0.4, -0.2) is 23.1 Å². The lowest BCUT2D eigenvalue weighted by atomic mass is 10.0. The molecule has 1 aliphatic heterocycles. The summed E-state index contributed by atoms with van der Waals surface area (Å²) in [5.74, 6) is 0.564. The molecule has 0 spiro atoms. The van der Waals surface area contributed by atoms with Crippen LogP contribution < -0.4 is 21.0 Å². The molecule has 3 N–H and O–H groups in total. The number of aromatic nitrogens is 1. The molecule has 1 aromatic heterocycles. The molecule has 2 heterocycles. The summed E-state index contributed by atoms with van der Waals surface area (Å²) in [5.41, 5.74) is 11.6. The number of hydrogen-bond donors (Lipinski definition) is 3. The quantitative estimate of drug-likeness (QED) is 0.391. The van der Waals surface area contributed by atoms with Crippen LogP contribution in [0.2, 0.25) is 5.02 Å². The highest BCUT2D eigenvalue weighted by atomic mass is 35.5. The first-order valence-corrected chi connectivity index (χ1v) is 10.3. The lowest BCUT2D eigenvalue weighted by Crippen LogP contribution is -2.41. The van der Waals surface area contributed by atoms with Crippen molar-refractivity contribution in [3.63, 3.8) is 0 Å². The highest BCUT2D eigenvalue weighted by molar-refractivity contribution is 6.31. The maximum Gasteiger partial charge on any atom is 0.258 e. The lowest BCUT2D eigenvalue weighted by molar-refractivity contribution is -0.122. The standard InChI is InChI=1S/C23H22ClN5O2/c24-20-4-2-1-3-18(20)15-31-19-7-5-17(6-8-19)21-13-22(28-27-21)23(30)29-26-14-16-9-11-25-12-10-16/h1-12,14,21-22,27-28H,13,15H2,(H,29,30)/b26-14+. The van der Waals surface area contributed by atoms with Crippen LogP contribution in [0.4, 0.5) is 0 Å². The van der Waals surface area contributed by atoms with Gasteiger partial charge in [0.25, 0.3) is 5.91 Å². The molecular formula is C23H22ClN5O2. The molecule has 2 atom stereocenters. The van der Waals surface area contributed by atoms with Crippen LogP contribution in [0.25, 0.3) is 0 Å². The second-order valence-electron chi connectivity index (χ2n) is 7.09. The number of rotatable bonds is 7.